The first-order valence-electron chi connectivity index (χ1n) is 18.2. The summed E-state index contributed by atoms with van der Waals surface area (Å²) in [5, 5.41) is 10.3. The van der Waals surface area contributed by atoms with Crippen molar-refractivity contribution in [2.45, 2.75) is 19.3 Å². The smallest absolute Gasteiger partial charge is 0.235 e. The van der Waals surface area contributed by atoms with Gasteiger partial charge in [-0.1, -0.05) is 123 Å². The fourth-order valence-corrected chi connectivity index (χ4v) is 9.28. The lowest BCUT2D eigenvalue weighted by Gasteiger charge is -2.22. The van der Waals surface area contributed by atoms with E-state index >= 15 is 0 Å². The van der Waals surface area contributed by atoms with Crippen molar-refractivity contribution < 1.29 is 4.42 Å². The fourth-order valence-electron chi connectivity index (χ4n) is 9.28. The number of aromatic nitrogens is 3. The molecule has 0 aliphatic heterocycles. The van der Waals surface area contributed by atoms with E-state index in [-0.39, 0.29) is 5.41 Å². The maximum Gasteiger partial charge on any atom is 0.235 e. The highest BCUT2D eigenvalue weighted by molar-refractivity contribution is 6.23. The van der Waals surface area contributed by atoms with Gasteiger partial charge in [-0.2, -0.15) is 0 Å². The highest BCUT2D eigenvalue weighted by Gasteiger charge is 2.35. The highest BCUT2D eigenvalue weighted by atomic mass is 16.3. The normalized spacial score (nSPS) is 13.6. The van der Waals surface area contributed by atoms with Crippen LogP contribution in [0.15, 0.2) is 156 Å². The van der Waals surface area contributed by atoms with E-state index in [1.807, 2.05) is 12.1 Å². The molecule has 0 bridgehead atoms. The molecule has 0 fully saturated rings. The minimum atomic E-state index is -0.133. The predicted octanol–water partition coefficient (Wildman–Crippen LogP) is 12.9. The zero-order valence-electron chi connectivity index (χ0n) is 29.2. The second kappa shape index (κ2) is 10.2. The third kappa shape index (κ3) is 3.84. The van der Waals surface area contributed by atoms with Gasteiger partial charge in [0, 0.05) is 37.9 Å². The fraction of sp³-hybridized carbons (Fsp3) is 0.0612. The van der Waals surface area contributed by atoms with Crippen molar-refractivity contribution in [2.24, 2.45) is 0 Å². The van der Waals surface area contributed by atoms with E-state index in [0.29, 0.717) is 5.95 Å². The van der Waals surface area contributed by atoms with Crippen molar-refractivity contribution in [3.05, 3.63) is 163 Å². The van der Waals surface area contributed by atoms with Crippen LogP contribution in [0.1, 0.15) is 25.0 Å². The van der Waals surface area contributed by atoms with Crippen molar-refractivity contribution in [2.75, 3.05) is 0 Å². The van der Waals surface area contributed by atoms with Crippen LogP contribution in [0.5, 0.6) is 0 Å². The van der Waals surface area contributed by atoms with Gasteiger partial charge in [-0.05, 0) is 86.3 Å². The van der Waals surface area contributed by atoms with Crippen LogP contribution < -0.4 is 0 Å². The van der Waals surface area contributed by atoms with Gasteiger partial charge in [0.2, 0.25) is 5.95 Å². The Labute approximate surface area is 304 Å². The van der Waals surface area contributed by atoms with Crippen molar-refractivity contribution in [1.82, 2.24) is 14.5 Å². The van der Waals surface area contributed by atoms with E-state index in [2.05, 4.69) is 158 Å². The topological polar surface area (TPSA) is 43.9 Å². The van der Waals surface area contributed by atoms with Gasteiger partial charge in [0.1, 0.15) is 11.2 Å². The standard InChI is InChI=1S/C49H31N3O/c1-49(2)38-16-8-5-13-32(38)33-22-19-30(26-39(33)49)47-46-31-12-4-3-11-28(31)20-23-40(46)50-48(51-47)52-41-17-9-6-14-34(41)37-25-29-21-24-44-45(36(29)27-42(37)52)35-15-7-10-18-43(35)53-44/h3-27H,1-2H3. The third-order valence-corrected chi connectivity index (χ3v) is 11.8. The van der Waals surface area contributed by atoms with Crippen molar-refractivity contribution in [3.8, 4) is 28.3 Å². The molecule has 0 unspecified atom stereocenters. The lowest BCUT2D eigenvalue weighted by Crippen LogP contribution is -2.15. The molecular weight excluding hydrogens is 647 g/mol. The zero-order valence-corrected chi connectivity index (χ0v) is 29.2. The summed E-state index contributed by atoms with van der Waals surface area (Å²) in [7, 11) is 0. The number of rotatable bonds is 2. The van der Waals surface area contributed by atoms with E-state index in [1.54, 1.807) is 0 Å². The summed E-state index contributed by atoms with van der Waals surface area (Å²) in [6.45, 7) is 4.67. The van der Waals surface area contributed by atoms with Crippen molar-refractivity contribution in [3.63, 3.8) is 0 Å². The van der Waals surface area contributed by atoms with Gasteiger partial charge in [-0.25, -0.2) is 9.97 Å². The molecular formula is C49H31N3O. The summed E-state index contributed by atoms with van der Waals surface area (Å²) in [4.78, 5) is 11.0. The van der Waals surface area contributed by atoms with Crippen molar-refractivity contribution in [1.29, 1.82) is 0 Å². The molecule has 0 radical (unpaired) electrons. The molecule has 0 atom stereocenters. The van der Waals surface area contributed by atoms with Crippen LogP contribution in [0.25, 0.3) is 105 Å². The van der Waals surface area contributed by atoms with Crippen LogP contribution in [0, 0.1) is 0 Å². The van der Waals surface area contributed by atoms with E-state index in [0.717, 1.165) is 65.9 Å². The first-order valence-corrected chi connectivity index (χ1v) is 18.2. The molecule has 1 aliphatic rings. The average molecular weight is 678 g/mol. The molecule has 248 valence electrons. The Kier molecular flexibility index (Phi) is 5.54. The van der Waals surface area contributed by atoms with Gasteiger partial charge >= 0.3 is 0 Å². The van der Waals surface area contributed by atoms with Crippen LogP contribution in [0.4, 0.5) is 0 Å². The summed E-state index contributed by atoms with van der Waals surface area (Å²) < 4.78 is 8.59. The molecule has 11 aromatic rings. The largest absolute Gasteiger partial charge is 0.456 e. The minimum Gasteiger partial charge on any atom is -0.456 e. The molecule has 53 heavy (non-hydrogen) atoms. The molecule has 8 aromatic carbocycles. The summed E-state index contributed by atoms with van der Waals surface area (Å²) in [6, 6.07) is 54.5. The number of furan rings is 1. The Morgan fingerprint density at radius 2 is 1.25 bits per heavy atom. The maximum atomic E-state index is 6.33. The number of benzene rings is 8. The second-order valence-corrected chi connectivity index (χ2v) is 15.0. The Bertz CT molecular complexity index is 3380. The molecule has 0 saturated carbocycles. The molecule has 4 heteroatoms. The Morgan fingerprint density at radius 1 is 0.491 bits per heavy atom. The zero-order chi connectivity index (χ0) is 35.0. The van der Waals surface area contributed by atoms with E-state index in [4.69, 9.17) is 14.4 Å². The van der Waals surface area contributed by atoms with Gasteiger partial charge in [0.05, 0.1) is 22.2 Å². The lowest BCUT2D eigenvalue weighted by molar-refractivity contribution is 0.660. The quantitative estimate of drug-likeness (QED) is 0.171. The number of hydrogen-bond donors (Lipinski definition) is 0. The van der Waals surface area contributed by atoms with Crippen LogP contribution in [0.3, 0.4) is 0 Å². The number of nitrogens with zero attached hydrogens (tertiary/aromatic N) is 3. The van der Waals surface area contributed by atoms with Gasteiger partial charge in [-0.3, -0.25) is 4.57 Å². The molecule has 0 amide bonds. The van der Waals surface area contributed by atoms with E-state index in [9.17, 15) is 0 Å². The van der Waals surface area contributed by atoms with Crippen LogP contribution >= 0.6 is 0 Å². The van der Waals surface area contributed by atoms with Gasteiger partial charge in [-0.15, -0.1) is 0 Å². The maximum absolute atomic E-state index is 6.33. The Balaban J connectivity index is 1.19. The van der Waals surface area contributed by atoms with Crippen LogP contribution in [0.2, 0.25) is 0 Å². The van der Waals surface area contributed by atoms with Gasteiger partial charge < -0.3 is 4.42 Å². The molecule has 12 rings (SSSR count). The van der Waals surface area contributed by atoms with E-state index < -0.39 is 0 Å². The molecule has 0 saturated heterocycles. The summed E-state index contributed by atoms with van der Waals surface area (Å²) >= 11 is 0. The summed E-state index contributed by atoms with van der Waals surface area (Å²) in [6.07, 6.45) is 0. The molecule has 0 N–H and O–H groups in total. The molecule has 0 spiro atoms. The molecule has 3 aromatic heterocycles. The van der Waals surface area contributed by atoms with Crippen LogP contribution in [-0.2, 0) is 5.41 Å². The van der Waals surface area contributed by atoms with E-state index in [1.165, 1.54) is 43.8 Å². The molecule has 4 nitrogen and oxygen atoms in total. The van der Waals surface area contributed by atoms with Gasteiger partial charge in [0.25, 0.3) is 0 Å². The number of para-hydroxylation sites is 2. The Hall–Kier alpha value is -6.78. The SMILES string of the molecule is CC1(C)c2ccccc2-c2ccc(-c3nc(-n4c5ccccc5c5cc6ccc7oc8ccccc8c7c6cc54)nc4ccc5ccccc5c34)cc21. The first-order chi connectivity index (χ1) is 26.0. The average Bonchev–Trinajstić information content (AvgIpc) is 3.82. The molecule has 3 heterocycles. The summed E-state index contributed by atoms with van der Waals surface area (Å²) in [5.74, 6) is 0.653. The minimum absolute atomic E-state index is 0.133. The monoisotopic (exact) mass is 677 g/mol. The van der Waals surface area contributed by atoms with Gasteiger partial charge in [0.15, 0.2) is 0 Å². The Morgan fingerprint density at radius 3 is 2.17 bits per heavy atom. The lowest BCUT2D eigenvalue weighted by atomic mass is 9.81. The summed E-state index contributed by atoms with van der Waals surface area (Å²) in [5.41, 5.74) is 12.0. The number of hydrogen-bond acceptors (Lipinski definition) is 3. The molecule has 1 aliphatic carbocycles. The number of fused-ring (bicyclic) bond motifs is 14. The first kappa shape index (κ1) is 28.9. The second-order valence-electron chi connectivity index (χ2n) is 15.0. The predicted molar refractivity (Wildman–Crippen MR) is 219 cm³/mol. The highest BCUT2D eigenvalue weighted by Crippen LogP contribution is 2.50. The van der Waals surface area contributed by atoms with Crippen molar-refractivity contribution >= 4 is 76.2 Å². The van der Waals surface area contributed by atoms with Crippen LogP contribution in [-0.4, -0.2) is 14.5 Å². The third-order valence-electron chi connectivity index (χ3n) is 11.8.